The molecule has 0 fully saturated rings. The van der Waals surface area contributed by atoms with Crippen LogP contribution in [0.15, 0.2) is 24.3 Å². The number of ether oxygens (including phenoxy) is 3. The van der Waals surface area contributed by atoms with Crippen molar-refractivity contribution in [2.24, 2.45) is 0 Å². The summed E-state index contributed by atoms with van der Waals surface area (Å²) < 4.78 is 15.3. The Labute approximate surface area is 126 Å². The fourth-order valence-electron chi connectivity index (χ4n) is 1.90. The highest BCUT2D eigenvalue weighted by Crippen LogP contribution is 2.22. The monoisotopic (exact) mass is 295 g/mol. The SMILES string of the molecule is COCCOCCC(=O)N(C)C(C)c1ccc(OC)cc1. The minimum absolute atomic E-state index is 0.0161. The summed E-state index contributed by atoms with van der Waals surface area (Å²) in [5.74, 6) is 0.877. The summed E-state index contributed by atoms with van der Waals surface area (Å²) in [4.78, 5) is 13.8. The van der Waals surface area contributed by atoms with Gasteiger partial charge in [-0.15, -0.1) is 0 Å². The topological polar surface area (TPSA) is 48.0 Å². The second-order valence-corrected chi connectivity index (χ2v) is 4.81. The van der Waals surface area contributed by atoms with E-state index in [-0.39, 0.29) is 11.9 Å². The number of amides is 1. The van der Waals surface area contributed by atoms with E-state index in [1.54, 1.807) is 19.1 Å². The van der Waals surface area contributed by atoms with Gasteiger partial charge in [0.05, 0.1) is 39.4 Å². The van der Waals surface area contributed by atoms with Crippen molar-refractivity contribution in [2.75, 3.05) is 41.1 Å². The Morgan fingerprint density at radius 3 is 2.38 bits per heavy atom. The Morgan fingerprint density at radius 1 is 1.14 bits per heavy atom. The molecule has 1 unspecified atom stereocenters. The maximum absolute atomic E-state index is 12.1. The number of hydrogen-bond acceptors (Lipinski definition) is 4. The first-order valence-electron chi connectivity index (χ1n) is 7.06. The summed E-state index contributed by atoms with van der Waals surface area (Å²) >= 11 is 0. The molecule has 0 bridgehead atoms. The average Bonchev–Trinajstić information content (AvgIpc) is 2.53. The van der Waals surface area contributed by atoms with Gasteiger partial charge in [-0.3, -0.25) is 4.79 Å². The zero-order valence-electron chi connectivity index (χ0n) is 13.3. The molecule has 1 rings (SSSR count). The number of methoxy groups -OCH3 is 2. The minimum atomic E-state index is 0.0161. The molecule has 0 N–H and O–H groups in total. The van der Waals surface area contributed by atoms with E-state index in [0.29, 0.717) is 26.2 Å². The Balaban J connectivity index is 2.44. The normalized spacial score (nSPS) is 12.0. The van der Waals surface area contributed by atoms with Gasteiger partial charge in [0.15, 0.2) is 0 Å². The Morgan fingerprint density at radius 2 is 1.81 bits per heavy atom. The number of rotatable bonds is 9. The zero-order chi connectivity index (χ0) is 15.7. The molecule has 0 radical (unpaired) electrons. The summed E-state index contributed by atoms with van der Waals surface area (Å²) in [7, 11) is 5.07. The van der Waals surface area contributed by atoms with Gasteiger partial charge in [-0.25, -0.2) is 0 Å². The molecule has 0 heterocycles. The van der Waals surface area contributed by atoms with Gasteiger partial charge in [-0.05, 0) is 24.6 Å². The van der Waals surface area contributed by atoms with Crippen LogP contribution in [-0.2, 0) is 14.3 Å². The van der Waals surface area contributed by atoms with E-state index in [1.807, 2.05) is 38.2 Å². The number of benzene rings is 1. The van der Waals surface area contributed by atoms with Gasteiger partial charge in [-0.2, -0.15) is 0 Å². The molecule has 5 nitrogen and oxygen atoms in total. The Hall–Kier alpha value is -1.59. The Bertz CT molecular complexity index is 419. The highest BCUT2D eigenvalue weighted by molar-refractivity contribution is 5.76. The molecule has 1 amide bonds. The minimum Gasteiger partial charge on any atom is -0.497 e. The molecule has 0 saturated carbocycles. The van der Waals surface area contributed by atoms with Crippen LogP contribution in [0.1, 0.15) is 24.9 Å². The summed E-state index contributed by atoms with van der Waals surface area (Å²) in [6.07, 6.45) is 0.376. The van der Waals surface area contributed by atoms with Crippen LogP contribution in [-0.4, -0.2) is 51.9 Å². The lowest BCUT2D eigenvalue weighted by Crippen LogP contribution is -2.30. The van der Waals surface area contributed by atoms with Crippen molar-refractivity contribution < 1.29 is 19.0 Å². The average molecular weight is 295 g/mol. The highest BCUT2D eigenvalue weighted by Gasteiger charge is 2.17. The molecule has 1 aromatic rings. The second kappa shape index (κ2) is 9.37. The van der Waals surface area contributed by atoms with Crippen LogP contribution in [0.3, 0.4) is 0 Å². The first kappa shape index (κ1) is 17.5. The van der Waals surface area contributed by atoms with E-state index in [9.17, 15) is 4.79 Å². The number of carbonyl (C=O) groups is 1. The molecule has 118 valence electrons. The van der Waals surface area contributed by atoms with Crippen molar-refractivity contribution in [1.82, 2.24) is 4.90 Å². The van der Waals surface area contributed by atoms with E-state index < -0.39 is 0 Å². The van der Waals surface area contributed by atoms with Crippen molar-refractivity contribution in [3.63, 3.8) is 0 Å². The molecule has 0 aliphatic heterocycles. The summed E-state index contributed by atoms with van der Waals surface area (Å²) in [5, 5.41) is 0. The third-order valence-corrected chi connectivity index (χ3v) is 3.46. The molecule has 0 aliphatic rings. The molecule has 0 saturated heterocycles. The van der Waals surface area contributed by atoms with E-state index in [0.717, 1.165) is 11.3 Å². The van der Waals surface area contributed by atoms with E-state index in [2.05, 4.69) is 0 Å². The quantitative estimate of drug-likeness (QED) is 0.656. The molecule has 0 aliphatic carbocycles. The highest BCUT2D eigenvalue weighted by atomic mass is 16.5. The van der Waals surface area contributed by atoms with Crippen molar-refractivity contribution >= 4 is 5.91 Å². The lowest BCUT2D eigenvalue weighted by atomic mass is 10.1. The first-order chi connectivity index (χ1) is 10.1. The smallest absolute Gasteiger partial charge is 0.225 e. The fourth-order valence-corrected chi connectivity index (χ4v) is 1.90. The number of hydrogen-bond donors (Lipinski definition) is 0. The summed E-state index contributed by atoms with van der Waals surface area (Å²) in [6, 6.07) is 7.77. The zero-order valence-corrected chi connectivity index (χ0v) is 13.3. The van der Waals surface area contributed by atoms with Crippen molar-refractivity contribution in [1.29, 1.82) is 0 Å². The van der Waals surface area contributed by atoms with Crippen LogP contribution in [0.25, 0.3) is 0 Å². The molecule has 5 heteroatoms. The maximum Gasteiger partial charge on any atom is 0.225 e. The molecular formula is C16H25NO4. The van der Waals surface area contributed by atoms with Crippen LogP contribution in [0.4, 0.5) is 0 Å². The van der Waals surface area contributed by atoms with Gasteiger partial charge in [0.1, 0.15) is 5.75 Å². The third-order valence-electron chi connectivity index (χ3n) is 3.46. The van der Waals surface area contributed by atoms with Crippen molar-refractivity contribution in [2.45, 2.75) is 19.4 Å². The third kappa shape index (κ3) is 5.73. The van der Waals surface area contributed by atoms with Crippen LogP contribution in [0, 0.1) is 0 Å². The molecule has 0 aromatic heterocycles. The van der Waals surface area contributed by atoms with Crippen LogP contribution in [0.5, 0.6) is 5.75 Å². The van der Waals surface area contributed by atoms with E-state index in [4.69, 9.17) is 14.2 Å². The summed E-state index contributed by atoms with van der Waals surface area (Å²) in [6.45, 7) is 3.49. The van der Waals surface area contributed by atoms with Gasteiger partial charge < -0.3 is 19.1 Å². The fraction of sp³-hybridized carbons (Fsp3) is 0.562. The van der Waals surface area contributed by atoms with Gasteiger partial charge in [0, 0.05) is 14.2 Å². The summed E-state index contributed by atoms with van der Waals surface area (Å²) in [5.41, 5.74) is 1.08. The molecular weight excluding hydrogens is 270 g/mol. The Kier molecular flexibility index (Phi) is 7.79. The lowest BCUT2D eigenvalue weighted by molar-refractivity contribution is -0.133. The van der Waals surface area contributed by atoms with Crippen LogP contribution in [0.2, 0.25) is 0 Å². The predicted octanol–water partition coefficient (Wildman–Crippen LogP) is 2.27. The van der Waals surface area contributed by atoms with E-state index in [1.165, 1.54) is 0 Å². The molecule has 21 heavy (non-hydrogen) atoms. The van der Waals surface area contributed by atoms with Crippen molar-refractivity contribution in [3.8, 4) is 5.75 Å². The lowest BCUT2D eigenvalue weighted by Gasteiger charge is -2.25. The standard InChI is InChI=1S/C16H25NO4/c1-13(14-5-7-15(20-4)8-6-14)17(2)16(18)9-10-21-12-11-19-3/h5-8,13H,9-12H2,1-4H3. The molecule has 1 atom stereocenters. The first-order valence-corrected chi connectivity index (χ1v) is 7.06. The number of carbonyl (C=O) groups excluding carboxylic acids is 1. The molecule has 0 spiro atoms. The maximum atomic E-state index is 12.1. The van der Waals surface area contributed by atoms with Gasteiger partial charge in [0.25, 0.3) is 0 Å². The van der Waals surface area contributed by atoms with Gasteiger partial charge in [0.2, 0.25) is 5.91 Å². The predicted molar refractivity (Wildman–Crippen MR) is 81.5 cm³/mol. The molecule has 1 aromatic carbocycles. The van der Waals surface area contributed by atoms with Crippen molar-refractivity contribution in [3.05, 3.63) is 29.8 Å². The van der Waals surface area contributed by atoms with Crippen LogP contribution >= 0.6 is 0 Å². The second-order valence-electron chi connectivity index (χ2n) is 4.81. The van der Waals surface area contributed by atoms with E-state index >= 15 is 0 Å². The number of nitrogens with zero attached hydrogens (tertiary/aromatic N) is 1. The van der Waals surface area contributed by atoms with Gasteiger partial charge >= 0.3 is 0 Å². The largest absolute Gasteiger partial charge is 0.497 e. The van der Waals surface area contributed by atoms with Gasteiger partial charge in [-0.1, -0.05) is 12.1 Å². The van der Waals surface area contributed by atoms with Crippen LogP contribution < -0.4 is 4.74 Å².